The number of rotatable bonds is 2. The SMILES string of the molecule is C=C[C@@H]1CCCC[C@]12CCCN2C(=O)c1ccccc1N. The van der Waals surface area contributed by atoms with Crippen LogP contribution in [0.3, 0.4) is 0 Å². The Morgan fingerprint density at radius 1 is 1.29 bits per heavy atom. The number of hydrogen-bond acceptors (Lipinski definition) is 2. The predicted octanol–water partition coefficient (Wildman–Crippen LogP) is 3.62. The van der Waals surface area contributed by atoms with Crippen LogP contribution >= 0.6 is 0 Å². The van der Waals surface area contributed by atoms with E-state index in [1.165, 1.54) is 12.8 Å². The molecule has 1 aromatic rings. The molecule has 2 fully saturated rings. The van der Waals surface area contributed by atoms with Gasteiger partial charge in [0.2, 0.25) is 0 Å². The summed E-state index contributed by atoms with van der Waals surface area (Å²) in [5.41, 5.74) is 7.22. The molecule has 1 saturated heterocycles. The van der Waals surface area contributed by atoms with Gasteiger partial charge in [-0.25, -0.2) is 0 Å². The number of benzene rings is 1. The number of likely N-dealkylation sites (tertiary alicyclic amines) is 1. The molecule has 1 heterocycles. The molecule has 0 bridgehead atoms. The lowest BCUT2D eigenvalue weighted by molar-refractivity contribution is 0.0371. The minimum Gasteiger partial charge on any atom is -0.398 e. The van der Waals surface area contributed by atoms with E-state index in [9.17, 15) is 4.79 Å². The lowest BCUT2D eigenvalue weighted by Crippen LogP contribution is -2.53. The van der Waals surface area contributed by atoms with E-state index in [0.717, 1.165) is 32.2 Å². The minimum atomic E-state index is -0.0145. The van der Waals surface area contributed by atoms with E-state index in [1.807, 2.05) is 24.3 Å². The maximum absolute atomic E-state index is 13.0. The summed E-state index contributed by atoms with van der Waals surface area (Å²) in [5.74, 6) is 0.516. The number of nitrogens with two attached hydrogens (primary N) is 1. The van der Waals surface area contributed by atoms with Crippen LogP contribution in [0, 0.1) is 5.92 Å². The summed E-state index contributed by atoms with van der Waals surface area (Å²) in [4.78, 5) is 15.1. The molecule has 0 unspecified atom stereocenters. The summed E-state index contributed by atoms with van der Waals surface area (Å²) < 4.78 is 0. The molecule has 1 saturated carbocycles. The highest BCUT2D eigenvalue weighted by atomic mass is 16.2. The van der Waals surface area contributed by atoms with Gasteiger partial charge in [-0.1, -0.05) is 31.1 Å². The second kappa shape index (κ2) is 5.55. The first kappa shape index (κ1) is 14.2. The van der Waals surface area contributed by atoms with E-state index in [4.69, 9.17) is 5.73 Å². The fraction of sp³-hybridized carbons (Fsp3) is 0.500. The van der Waals surface area contributed by atoms with Crippen LogP contribution in [-0.2, 0) is 0 Å². The standard InChI is InChI=1S/C18H24N2O/c1-2-14-8-5-6-11-18(14)12-7-13-20(18)17(21)15-9-3-4-10-16(15)19/h2-4,9-10,14H,1,5-8,11-13,19H2/t14-,18+/m1/s1. The normalized spacial score (nSPS) is 28.8. The van der Waals surface area contributed by atoms with Gasteiger partial charge in [-0.15, -0.1) is 6.58 Å². The number of amides is 1. The molecule has 1 aromatic carbocycles. The van der Waals surface area contributed by atoms with Gasteiger partial charge in [0.1, 0.15) is 0 Å². The van der Waals surface area contributed by atoms with Crippen LogP contribution in [0.5, 0.6) is 0 Å². The van der Waals surface area contributed by atoms with Crippen molar-refractivity contribution in [3.05, 3.63) is 42.5 Å². The van der Waals surface area contributed by atoms with Crippen LogP contribution < -0.4 is 5.73 Å². The van der Waals surface area contributed by atoms with Crippen molar-refractivity contribution in [1.82, 2.24) is 4.90 Å². The Morgan fingerprint density at radius 3 is 2.81 bits per heavy atom. The highest BCUT2D eigenvalue weighted by molar-refractivity contribution is 5.99. The molecule has 3 rings (SSSR count). The van der Waals surface area contributed by atoms with E-state index >= 15 is 0 Å². The van der Waals surface area contributed by atoms with Crippen LogP contribution in [0.1, 0.15) is 48.9 Å². The maximum atomic E-state index is 13.0. The second-order valence-electron chi connectivity index (χ2n) is 6.34. The van der Waals surface area contributed by atoms with Gasteiger partial charge >= 0.3 is 0 Å². The summed E-state index contributed by atoms with van der Waals surface area (Å²) in [6, 6.07) is 7.41. The molecule has 1 amide bonds. The van der Waals surface area contributed by atoms with Crippen LogP contribution in [0.25, 0.3) is 0 Å². The summed E-state index contributed by atoms with van der Waals surface area (Å²) in [6.45, 7) is 4.87. The number of carbonyl (C=O) groups is 1. The van der Waals surface area contributed by atoms with E-state index in [1.54, 1.807) is 0 Å². The van der Waals surface area contributed by atoms with E-state index in [-0.39, 0.29) is 11.4 Å². The monoisotopic (exact) mass is 284 g/mol. The highest BCUT2D eigenvalue weighted by Gasteiger charge is 2.49. The topological polar surface area (TPSA) is 46.3 Å². The third-order valence-electron chi connectivity index (χ3n) is 5.31. The summed E-state index contributed by atoms with van der Waals surface area (Å²) in [6.07, 6.45) is 8.95. The van der Waals surface area contributed by atoms with Gasteiger partial charge in [0, 0.05) is 17.8 Å². The molecule has 0 radical (unpaired) electrons. The molecule has 2 N–H and O–H groups in total. The lowest BCUT2D eigenvalue weighted by atomic mass is 9.71. The fourth-order valence-corrected chi connectivity index (χ4v) is 4.27. The molecule has 1 spiro atoms. The van der Waals surface area contributed by atoms with E-state index < -0.39 is 0 Å². The number of hydrogen-bond donors (Lipinski definition) is 1. The molecule has 3 nitrogen and oxygen atoms in total. The van der Waals surface area contributed by atoms with Gasteiger partial charge in [0.25, 0.3) is 5.91 Å². The van der Waals surface area contributed by atoms with Crippen molar-refractivity contribution in [2.75, 3.05) is 12.3 Å². The molecule has 1 aliphatic heterocycles. The first-order valence-corrected chi connectivity index (χ1v) is 7.98. The van der Waals surface area contributed by atoms with Gasteiger partial charge in [-0.05, 0) is 43.7 Å². The lowest BCUT2D eigenvalue weighted by Gasteiger charge is -2.46. The average molecular weight is 284 g/mol. The van der Waals surface area contributed by atoms with Crippen molar-refractivity contribution >= 4 is 11.6 Å². The Hall–Kier alpha value is -1.77. The summed E-state index contributed by atoms with van der Waals surface area (Å²) in [7, 11) is 0. The van der Waals surface area contributed by atoms with Gasteiger partial charge in [-0.2, -0.15) is 0 Å². The highest BCUT2D eigenvalue weighted by Crippen LogP contribution is 2.46. The van der Waals surface area contributed by atoms with Crippen molar-refractivity contribution in [1.29, 1.82) is 0 Å². The molecule has 21 heavy (non-hydrogen) atoms. The van der Waals surface area contributed by atoms with Crippen molar-refractivity contribution < 1.29 is 4.79 Å². The third kappa shape index (κ3) is 2.25. The number of carbonyl (C=O) groups excluding carboxylic acids is 1. The average Bonchev–Trinajstić information content (AvgIpc) is 2.91. The van der Waals surface area contributed by atoms with Crippen molar-refractivity contribution in [2.24, 2.45) is 5.92 Å². The van der Waals surface area contributed by atoms with Crippen LogP contribution in [0.4, 0.5) is 5.69 Å². The summed E-state index contributed by atoms with van der Waals surface area (Å²) in [5, 5.41) is 0. The zero-order chi connectivity index (χ0) is 14.9. The van der Waals surface area contributed by atoms with Gasteiger partial charge in [-0.3, -0.25) is 4.79 Å². The summed E-state index contributed by atoms with van der Waals surface area (Å²) >= 11 is 0. The quantitative estimate of drug-likeness (QED) is 0.666. The smallest absolute Gasteiger partial charge is 0.256 e. The largest absolute Gasteiger partial charge is 0.398 e. The fourth-order valence-electron chi connectivity index (χ4n) is 4.27. The Labute approximate surface area is 126 Å². The zero-order valence-corrected chi connectivity index (χ0v) is 12.6. The Morgan fingerprint density at radius 2 is 2.05 bits per heavy atom. The van der Waals surface area contributed by atoms with Gasteiger partial charge < -0.3 is 10.6 Å². The number of anilines is 1. The molecule has 2 atom stereocenters. The minimum absolute atomic E-state index is 0.0145. The molecule has 0 aromatic heterocycles. The zero-order valence-electron chi connectivity index (χ0n) is 12.6. The van der Waals surface area contributed by atoms with Crippen LogP contribution in [0.15, 0.2) is 36.9 Å². The van der Waals surface area contributed by atoms with E-state index in [2.05, 4.69) is 17.6 Å². The Bertz CT molecular complexity index is 554. The Kier molecular flexibility index (Phi) is 3.75. The first-order chi connectivity index (χ1) is 10.2. The predicted molar refractivity (Wildman–Crippen MR) is 86.0 cm³/mol. The molecule has 1 aliphatic carbocycles. The van der Waals surface area contributed by atoms with Crippen molar-refractivity contribution in [2.45, 2.75) is 44.1 Å². The first-order valence-electron chi connectivity index (χ1n) is 7.98. The van der Waals surface area contributed by atoms with Crippen molar-refractivity contribution in [3.8, 4) is 0 Å². The Balaban J connectivity index is 1.95. The number of nitrogens with zero attached hydrogens (tertiary/aromatic N) is 1. The van der Waals surface area contributed by atoms with Gasteiger partial charge in [0.05, 0.1) is 5.56 Å². The maximum Gasteiger partial charge on any atom is 0.256 e. The third-order valence-corrected chi connectivity index (χ3v) is 5.31. The second-order valence-corrected chi connectivity index (χ2v) is 6.34. The molecular formula is C18H24N2O. The van der Waals surface area contributed by atoms with Gasteiger partial charge in [0.15, 0.2) is 0 Å². The molecular weight excluding hydrogens is 260 g/mol. The molecule has 112 valence electrons. The van der Waals surface area contributed by atoms with Crippen LogP contribution in [-0.4, -0.2) is 22.9 Å². The van der Waals surface area contributed by atoms with Crippen LogP contribution in [0.2, 0.25) is 0 Å². The molecule has 2 aliphatic rings. The number of nitrogen functional groups attached to an aromatic ring is 1. The molecule has 3 heteroatoms. The van der Waals surface area contributed by atoms with Crippen molar-refractivity contribution in [3.63, 3.8) is 0 Å². The van der Waals surface area contributed by atoms with E-state index in [0.29, 0.717) is 17.2 Å². The number of para-hydroxylation sites is 1.